The van der Waals surface area contributed by atoms with Gasteiger partial charge in [-0.25, -0.2) is 0 Å². The lowest BCUT2D eigenvalue weighted by atomic mass is 9.77. The Hall–Kier alpha value is -0.250. The molecule has 1 rings (SSSR count). The van der Waals surface area contributed by atoms with Crippen molar-refractivity contribution in [1.29, 1.82) is 0 Å². The van der Waals surface area contributed by atoms with E-state index in [4.69, 9.17) is 5.73 Å². The first-order valence-electron chi connectivity index (χ1n) is 6.63. The SMILES string of the molecule is CC(C)CCC(N)C1CCC(C(F)(F)F)CC1. The Balaban J connectivity index is 2.31. The predicted octanol–water partition coefficient (Wildman–Crippen LogP) is 4.12. The van der Waals surface area contributed by atoms with Gasteiger partial charge in [0.05, 0.1) is 5.92 Å². The molecule has 0 bridgehead atoms. The van der Waals surface area contributed by atoms with Gasteiger partial charge >= 0.3 is 6.18 Å². The number of halogens is 3. The molecule has 0 saturated heterocycles. The lowest BCUT2D eigenvalue weighted by Crippen LogP contribution is -2.36. The summed E-state index contributed by atoms with van der Waals surface area (Å²) in [6.45, 7) is 4.29. The van der Waals surface area contributed by atoms with Crippen LogP contribution in [0.5, 0.6) is 0 Å². The van der Waals surface area contributed by atoms with Crippen molar-refractivity contribution in [1.82, 2.24) is 0 Å². The monoisotopic (exact) mass is 251 g/mol. The third-order valence-corrected chi connectivity index (χ3v) is 3.92. The van der Waals surface area contributed by atoms with Gasteiger partial charge in [-0.05, 0) is 50.4 Å². The molecule has 1 atom stereocenters. The van der Waals surface area contributed by atoms with Crippen LogP contribution in [0.15, 0.2) is 0 Å². The molecule has 17 heavy (non-hydrogen) atoms. The number of nitrogens with two attached hydrogens (primary N) is 1. The Bertz CT molecular complexity index is 217. The van der Waals surface area contributed by atoms with Gasteiger partial charge in [-0.3, -0.25) is 0 Å². The van der Waals surface area contributed by atoms with Gasteiger partial charge in [0.1, 0.15) is 0 Å². The summed E-state index contributed by atoms with van der Waals surface area (Å²) >= 11 is 0. The molecule has 1 aliphatic rings. The highest BCUT2D eigenvalue weighted by Gasteiger charge is 2.41. The zero-order chi connectivity index (χ0) is 13.1. The lowest BCUT2D eigenvalue weighted by molar-refractivity contribution is -0.184. The second-order valence-electron chi connectivity index (χ2n) is 5.79. The zero-order valence-corrected chi connectivity index (χ0v) is 10.8. The Morgan fingerprint density at radius 3 is 2.00 bits per heavy atom. The first kappa shape index (κ1) is 14.8. The number of alkyl halides is 3. The summed E-state index contributed by atoms with van der Waals surface area (Å²) in [6, 6.07) is 0.0894. The van der Waals surface area contributed by atoms with Crippen LogP contribution in [0.4, 0.5) is 13.2 Å². The lowest BCUT2D eigenvalue weighted by Gasteiger charge is -2.33. The van der Waals surface area contributed by atoms with Crippen LogP contribution < -0.4 is 5.73 Å². The van der Waals surface area contributed by atoms with Gasteiger partial charge in [-0.15, -0.1) is 0 Å². The summed E-state index contributed by atoms with van der Waals surface area (Å²) in [7, 11) is 0. The van der Waals surface area contributed by atoms with Crippen LogP contribution in [0, 0.1) is 17.8 Å². The summed E-state index contributed by atoms with van der Waals surface area (Å²) < 4.78 is 37.5. The van der Waals surface area contributed by atoms with Crippen molar-refractivity contribution in [2.75, 3.05) is 0 Å². The van der Waals surface area contributed by atoms with E-state index in [1.54, 1.807) is 0 Å². The van der Waals surface area contributed by atoms with Crippen molar-refractivity contribution in [2.24, 2.45) is 23.5 Å². The molecule has 0 aliphatic heterocycles. The normalized spacial score (nSPS) is 28.4. The molecule has 0 spiro atoms. The van der Waals surface area contributed by atoms with E-state index in [0.717, 1.165) is 12.8 Å². The Morgan fingerprint density at radius 1 is 1.06 bits per heavy atom. The van der Waals surface area contributed by atoms with E-state index in [9.17, 15) is 13.2 Å². The summed E-state index contributed by atoms with van der Waals surface area (Å²) in [5.41, 5.74) is 6.07. The van der Waals surface area contributed by atoms with Gasteiger partial charge in [0.25, 0.3) is 0 Å². The van der Waals surface area contributed by atoms with Gasteiger partial charge in [-0.1, -0.05) is 13.8 Å². The minimum atomic E-state index is -4.01. The number of hydrogen-bond donors (Lipinski definition) is 1. The highest BCUT2D eigenvalue weighted by molar-refractivity contribution is 4.82. The second kappa shape index (κ2) is 6.07. The van der Waals surface area contributed by atoms with Crippen LogP contribution >= 0.6 is 0 Å². The fraction of sp³-hybridized carbons (Fsp3) is 1.00. The highest BCUT2D eigenvalue weighted by Crippen LogP contribution is 2.40. The number of rotatable bonds is 4. The molecule has 1 nitrogen and oxygen atoms in total. The van der Waals surface area contributed by atoms with Crippen LogP contribution in [0.25, 0.3) is 0 Å². The zero-order valence-electron chi connectivity index (χ0n) is 10.8. The maximum atomic E-state index is 12.5. The third kappa shape index (κ3) is 4.86. The maximum Gasteiger partial charge on any atom is 0.391 e. The molecule has 0 heterocycles. The van der Waals surface area contributed by atoms with E-state index < -0.39 is 12.1 Å². The van der Waals surface area contributed by atoms with Crippen molar-refractivity contribution < 1.29 is 13.2 Å². The van der Waals surface area contributed by atoms with Gasteiger partial charge in [0.2, 0.25) is 0 Å². The van der Waals surface area contributed by atoms with E-state index in [-0.39, 0.29) is 18.9 Å². The maximum absolute atomic E-state index is 12.5. The fourth-order valence-corrected chi connectivity index (χ4v) is 2.64. The molecular formula is C13H24F3N. The van der Waals surface area contributed by atoms with Crippen molar-refractivity contribution in [3.63, 3.8) is 0 Å². The summed E-state index contributed by atoms with van der Waals surface area (Å²) in [6.07, 6.45) is -0.174. The molecule has 0 aromatic heterocycles. The van der Waals surface area contributed by atoms with E-state index in [1.165, 1.54) is 0 Å². The fourth-order valence-electron chi connectivity index (χ4n) is 2.64. The van der Waals surface area contributed by atoms with E-state index in [0.29, 0.717) is 24.7 Å². The summed E-state index contributed by atoms with van der Waals surface area (Å²) in [5, 5.41) is 0. The molecule has 0 radical (unpaired) electrons. The minimum Gasteiger partial charge on any atom is -0.327 e. The molecule has 2 N–H and O–H groups in total. The molecule has 1 saturated carbocycles. The van der Waals surface area contributed by atoms with Gasteiger partial charge in [0.15, 0.2) is 0 Å². The number of hydrogen-bond acceptors (Lipinski definition) is 1. The van der Waals surface area contributed by atoms with Crippen molar-refractivity contribution >= 4 is 0 Å². The highest BCUT2D eigenvalue weighted by atomic mass is 19.4. The van der Waals surface area contributed by atoms with E-state index >= 15 is 0 Å². The van der Waals surface area contributed by atoms with Crippen molar-refractivity contribution in [2.45, 2.75) is 64.6 Å². The smallest absolute Gasteiger partial charge is 0.327 e. The van der Waals surface area contributed by atoms with Gasteiger partial charge < -0.3 is 5.73 Å². The average Bonchev–Trinajstić information content (AvgIpc) is 2.25. The second-order valence-corrected chi connectivity index (χ2v) is 5.79. The minimum absolute atomic E-state index is 0.0894. The topological polar surface area (TPSA) is 26.0 Å². The van der Waals surface area contributed by atoms with Gasteiger partial charge in [-0.2, -0.15) is 13.2 Å². The molecule has 1 unspecified atom stereocenters. The molecule has 102 valence electrons. The standard InChI is InChI=1S/C13H24F3N/c1-9(2)3-8-12(17)10-4-6-11(7-5-10)13(14,15)16/h9-12H,3-8,17H2,1-2H3. The Kier molecular flexibility index (Phi) is 5.29. The third-order valence-electron chi connectivity index (χ3n) is 3.92. The first-order chi connectivity index (χ1) is 7.80. The Labute approximate surface area is 102 Å². The molecule has 1 fully saturated rings. The largest absolute Gasteiger partial charge is 0.391 e. The predicted molar refractivity (Wildman–Crippen MR) is 63.6 cm³/mol. The summed E-state index contributed by atoms with van der Waals surface area (Å²) in [4.78, 5) is 0. The van der Waals surface area contributed by atoms with Crippen LogP contribution in [0.1, 0.15) is 52.4 Å². The molecule has 0 amide bonds. The molecule has 0 aromatic rings. The van der Waals surface area contributed by atoms with Crippen LogP contribution in [0.3, 0.4) is 0 Å². The van der Waals surface area contributed by atoms with Crippen LogP contribution in [-0.2, 0) is 0 Å². The quantitative estimate of drug-likeness (QED) is 0.799. The van der Waals surface area contributed by atoms with Gasteiger partial charge in [0, 0.05) is 6.04 Å². The van der Waals surface area contributed by atoms with Crippen LogP contribution in [0.2, 0.25) is 0 Å². The van der Waals surface area contributed by atoms with E-state index in [1.807, 2.05) is 0 Å². The molecule has 0 aromatic carbocycles. The molecule has 4 heteroatoms. The molecular weight excluding hydrogens is 227 g/mol. The first-order valence-corrected chi connectivity index (χ1v) is 6.63. The average molecular weight is 251 g/mol. The summed E-state index contributed by atoms with van der Waals surface area (Å²) in [5.74, 6) is -0.170. The van der Waals surface area contributed by atoms with E-state index in [2.05, 4.69) is 13.8 Å². The van der Waals surface area contributed by atoms with Crippen molar-refractivity contribution in [3.8, 4) is 0 Å². The van der Waals surface area contributed by atoms with Crippen LogP contribution in [-0.4, -0.2) is 12.2 Å². The molecule has 1 aliphatic carbocycles. The Morgan fingerprint density at radius 2 is 1.59 bits per heavy atom. The van der Waals surface area contributed by atoms with Crippen molar-refractivity contribution in [3.05, 3.63) is 0 Å².